The molecule has 0 atom stereocenters. The Hall–Kier alpha value is -1.64. The van der Waals surface area contributed by atoms with Gasteiger partial charge >= 0.3 is 0 Å². The van der Waals surface area contributed by atoms with E-state index in [1.165, 1.54) is 0 Å². The maximum atomic E-state index is 11.3. The third-order valence-electron chi connectivity index (χ3n) is 2.25. The number of hydrogen-bond acceptors (Lipinski definition) is 2. The molecule has 0 fully saturated rings. The molecule has 0 N–H and O–H groups in total. The van der Waals surface area contributed by atoms with E-state index in [1.54, 1.807) is 11.8 Å². The Kier molecular flexibility index (Phi) is 2.31. The predicted molar refractivity (Wildman–Crippen MR) is 55.2 cm³/mol. The van der Waals surface area contributed by atoms with Gasteiger partial charge in [0.2, 0.25) is 5.91 Å². The molecule has 2 rings (SSSR count). The number of rotatable bonds is 1. The highest BCUT2D eigenvalue weighted by Crippen LogP contribution is 2.10. The SMILES string of the molecule is CC(=O)N1CCN=C1c1ccccc1. The number of benzene rings is 1. The number of hydrogen-bond donors (Lipinski definition) is 0. The third-order valence-corrected chi connectivity index (χ3v) is 2.25. The van der Waals surface area contributed by atoms with Crippen LogP contribution in [-0.4, -0.2) is 29.7 Å². The van der Waals surface area contributed by atoms with Crippen molar-refractivity contribution in [2.45, 2.75) is 6.92 Å². The van der Waals surface area contributed by atoms with Crippen LogP contribution in [0.1, 0.15) is 12.5 Å². The van der Waals surface area contributed by atoms with Gasteiger partial charge in [0.05, 0.1) is 6.54 Å². The second kappa shape index (κ2) is 3.62. The van der Waals surface area contributed by atoms with E-state index in [-0.39, 0.29) is 5.91 Å². The summed E-state index contributed by atoms with van der Waals surface area (Å²) < 4.78 is 0. The van der Waals surface area contributed by atoms with Crippen molar-refractivity contribution in [1.82, 2.24) is 4.90 Å². The standard InChI is InChI=1S/C11H12N2O/c1-9(14)13-8-7-12-11(13)10-5-3-2-4-6-10/h2-6H,7-8H2,1H3. The molecule has 3 heteroatoms. The minimum absolute atomic E-state index is 0.0603. The summed E-state index contributed by atoms with van der Waals surface area (Å²) >= 11 is 0. The van der Waals surface area contributed by atoms with Gasteiger partial charge in [-0.1, -0.05) is 30.3 Å². The van der Waals surface area contributed by atoms with Crippen molar-refractivity contribution in [1.29, 1.82) is 0 Å². The molecule has 72 valence electrons. The Morgan fingerprint density at radius 1 is 1.36 bits per heavy atom. The van der Waals surface area contributed by atoms with E-state index < -0.39 is 0 Å². The largest absolute Gasteiger partial charge is 0.295 e. The van der Waals surface area contributed by atoms with Crippen LogP contribution in [0.3, 0.4) is 0 Å². The Balaban J connectivity index is 2.31. The first-order chi connectivity index (χ1) is 6.79. The van der Waals surface area contributed by atoms with E-state index in [9.17, 15) is 4.79 Å². The first-order valence-electron chi connectivity index (χ1n) is 4.67. The summed E-state index contributed by atoms with van der Waals surface area (Å²) in [5.74, 6) is 0.864. The van der Waals surface area contributed by atoms with Gasteiger partial charge in [-0.3, -0.25) is 14.7 Å². The quantitative estimate of drug-likeness (QED) is 0.653. The molecule has 1 amide bonds. The Bertz CT molecular complexity index is 370. The average Bonchev–Trinajstić information content (AvgIpc) is 2.67. The molecule has 0 aliphatic carbocycles. The fourth-order valence-electron chi connectivity index (χ4n) is 1.59. The molecule has 0 radical (unpaired) electrons. The Morgan fingerprint density at radius 2 is 2.07 bits per heavy atom. The van der Waals surface area contributed by atoms with E-state index in [0.29, 0.717) is 13.1 Å². The first-order valence-corrected chi connectivity index (χ1v) is 4.67. The van der Waals surface area contributed by atoms with Gasteiger partial charge < -0.3 is 0 Å². The number of carbonyl (C=O) groups is 1. The number of amides is 1. The molecule has 1 aliphatic heterocycles. The van der Waals surface area contributed by atoms with Gasteiger partial charge in [-0.25, -0.2) is 0 Å². The molecule has 0 saturated heterocycles. The predicted octanol–water partition coefficient (Wildman–Crippen LogP) is 1.30. The summed E-state index contributed by atoms with van der Waals surface area (Å²) in [6.45, 7) is 2.99. The highest BCUT2D eigenvalue weighted by atomic mass is 16.2. The van der Waals surface area contributed by atoms with Crippen LogP contribution in [-0.2, 0) is 4.79 Å². The summed E-state index contributed by atoms with van der Waals surface area (Å²) in [6, 6.07) is 9.81. The molecule has 1 aromatic rings. The Morgan fingerprint density at radius 3 is 2.71 bits per heavy atom. The van der Waals surface area contributed by atoms with Crippen molar-refractivity contribution in [3.8, 4) is 0 Å². The lowest BCUT2D eigenvalue weighted by Gasteiger charge is -2.15. The van der Waals surface area contributed by atoms with Gasteiger partial charge in [-0.2, -0.15) is 0 Å². The zero-order valence-corrected chi connectivity index (χ0v) is 8.10. The molecule has 3 nitrogen and oxygen atoms in total. The van der Waals surface area contributed by atoms with Gasteiger partial charge in [0.1, 0.15) is 5.84 Å². The summed E-state index contributed by atoms with van der Waals surface area (Å²) in [4.78, 5) is 17.3. The van der Waals surface area contributed by atoms with E-state index in [2.05, 4.69) is 4.99 Å². The van der Waals surface area contributed by atoms with Gasteiger partial charge in [0, 0.05) is 19.0 Å². The minimum atomic E-state index is 0.0603. The van der Waals surface area contributed by atoms with Crippen molar-refractivity contribution in [2.75, 3.05) is 13.1 Å². The maximum Gasteiger partial charge on any atom is 0.225 e. The topological polar surface area (TPSA) is 32.7 Å². The Labute approximate surface area is 83.1 Å². The highest BCUT2D eigenvalue weighted by Gasteiger charge is 2.21. The molecule has 0 spiro atoms. The van der Waals surface area contributed by atoms with E-state index in [1.807, 2.05) is 30.3 Å². The molecule has 0 aromatic heterocycles. The zero-order valence-electron chi connectivity index (χ0n) is 8.10. The van der Waals surface area contributed by atoms with Crippen LogP contribution >= 0.6 is 0 Å². The third kappa shape index (κ3) is 1.53. The van der Waals surface area contributed by atoms with E-state index >= 15 is 0 Å². The monoisotopic (exact) mass is 188 g/mol. The van der Waals surface area contributed by atoms with Crippen molar-refractivity contribution in [2.24, 2.45) is 4.99 Å². The van der Waals surface area contributed by atoms with Crippen LogP contribution in [0.25, 0.3) is 0 Å². The summed E-state index contributed by atoms with van der Waals surface area (Å²) in [6.07, 6.45) is 0. The van der Waals surface area contributed by atoms with E-state index in [0.717, 1.165) is 11.4 Å². The zero-order chi connectivity index (χ0) is 9.97. The lowest BCUT2D eigenvalue weighted by atomic mass is 10.2. The summed E-state index contributed by atoms with van der Waals surface area (Å²) in [5.41, 5.74) is 1.01. The fourth-order valence-corrected chi connectivity index (χ4v) is 1.59. The molecular weight excluding hydrogens is 176 g/mol. The second-order valence-corrected chi connectivity index (χ2v) is 3.24. The summed E-state index contributed by atoms with van der Waals surface area (Å²) in [5, 5.41) is 0. The summed E-state index contributed by atoms with van der Waals surface area (Å²) in [7, 11) is 0. The number of nitrogens with zero attached hydrogens (tertiary/aromatic N) is 2. The molecule has 1 aliphatic rings. The molecule has 1 aromatic carbocycles. The van der Waals surface area contributed by atoms with E-state index in [4.69, 9.17) is 0 Å². The van der Waals surface area contributed by atoms with Crippen molar-refractivity contribution in [3.05, 3.63) is 35.9 Å². The van der Waals surface area contributed by atoms with Gasteiger partial charge in [-0.05, 0) is 0 Å². The maximum absolute atomic E-state index is 11.3. The van der Waals surface area contributed by atoms with Crippen molar-refractivity contribution < 1.29 is 4.79 Å². The number of aliphatic imine (C=N–C) groups is 1. The van der Waals surface area contributed by atoms with Crippen LogP contribution in [0, 0.1) is 0 Å². The molecule has 0 saturated carbocycles. The van der Waals surface area contributed by atoms with Crippen LogP contribution in [0.4, 0.5) is 0 Å². The average molecular weight is 188 g/mol. The first kappa shape index (κ1) is 8.94. The van der Waals surface area contributed by atoms with Crippen molar-refractivity contribution >= 4 is 11.7 Å². The highest BCUT2D eigenvalue weighted by molar-refractivity contribution is 6.08. The molecule has 0 unspecified atom stereocenters. The molecular formula is C11H12N2O. The lowest BCUT2D eigenvalue weighted by Crippen LogP contribution is -2.32. The fraction of sp³-hybridized carbons (Fsp3) is 0.273. The van der Waals surface area contributed by atoms with Crippen molar-refractivity contribution in [3.63, 3.8) is 0 Å². The lowest BCUT2D eigenvalue weighted by molar-refractivity contribution is -0.124. The normalized spacial score (nSPS) is 15.5. The van der Waals surface area contributed by atoms with Crippen LogP contribution in [0.2, 0.25) is 0 Å². The molecule has 0 bridgehead atoms. The minimum Gasteiger partial charge on any atom is -0.295 e. The van der Waals surface area contributed by atoms with Crippen LogP contribution in [0.15, 0.2) is 35.3 Å². The smallest absolute Gasteiger partial charge is 0.225 e. The number of amidine groups is 1. The van der Waals surface area contributed by atoms with Gasteiger partial charge in [0.15, 0.2) is 0 Å². The number of carbonyl (C=O) groups excluding carboxylic acids is 1. The van der Waals surface area contributed by atoms with Crippen LogP contribution < -0.4 is 0 Å². The second-order valence-electron chi connectivity index (χ2n) is 3.24. The molecule has 14 heavy (non-hydrogen) atoms. The van der Waals surface area contributed by atoms with Gasteiger partial charge in [0.25, 0.3) is 0 Å². The molecule has 1 heterocycles. The van der Waals surface area contributed by atoms with Crippen LogP contribution in [0.5, 0.6) is 0 Å². The van der Waals surface area contributed by atoms with Gasteiger partial charge in [-0.15, -0.1) is 0 Å².